The molecule has 0 aliphatic carbocycles. The highest BCUT2D eigenvalue weighted by Gasteiger charge is 2.17. The van der Waals surface area contributed by atoms with E-state index in [9.17, 15) is 5.11 Å². The molecule has 3 rings (SSSR count). The first-order valence-electron chi connectivity index (χ1n) is 6.78. The largest absolute Gasteiger partial charge is 0.508 e. The first kappa shape index (κ1) is 13.2. The summed E-state index contributed by atoms with van der Waals surface area (Å²) in [7, 11) is 0. The van der Waals surface area contributed by atoms with Crippen LogP contribution in [0.5, 0.6) is 17.4 Å². The molecule has 0 aliphatic heterocycles. The van der Waals surface area contributed by atoms with E-state index in [-0.39, 0.29) is 5.75 Å². The summed E-state index contributed by atoms with van der Waals surface area (Å²) in [5, 5.41) is 13.5. The maximum Gasteiger partial charge on any atom is 0.320 e. The minimum Gasteiger partial charge on any atom is -0.508 e. The fourth-order valence-corrected chi connectivity index (χ4v) is 2.13. The monoisotopic (exact) mass is 281 g/mol. The van der Waals surface area contributed by atoms with Crippen molar-refractivity contribution in [1.82, 2.24) is 5.16 Å². The van der Waals surface area contributed by atoms with E-state index in [1.54, 1.807) is 24.3 Å². The number of hydrogen-bond donors (Lipinski definition) is 1. The van der Waals surface area contributed by atoms with Crippen molar-refractivity contribution in [3.05, 3.63) is 60.2 Å². The highest BCUT2D eigenvalue weighted by molar-refractivity contribution is 5.65. The molecule has 0 spiro atoms. The number of ether oxygens (including phenoxy) is 1. The second-order valence-electron chi connectivity index (χ2n) is 4.61. The lowest BCUT2D eigenvalue weighted by atomic mass is 10.1. The Morgan fingerprint density at radius 2 is 1.76 bits per heavy atom. The molecule has 21 heavy (non-hydrogen) atoms. The normalized spacial score (nSPS) is 10.5. The zero-order valence-electron chi connectivity index (χ0n) is 11.6. The van der Waals surface area contributed by atoms with Gasteiger partial charge in [-0.2, -0.15) is 0 Å². The number of phenolic OH excluding ortho intramolecular Hbond substituents is 1. The molecule has 2 aromatic carbocycles. The van der Waals surface area contributed by atoms with Gasteiger partial charge in [-0.3, -0.25) is 0 Å². The topological polar surface area (TPSA) is 55.5 Å². The van der Waals surface area contributed by atoms with Crippen molar-refractivity contribution in [3.63, 3.8) is 0 Å². The van der Waals surface area contributed by atoms with Gasteiger partial charge in [-0.15, -0.1) is 0 Å². The van der Waals surface area contributed by atoms with E-state index in [4.69, 9.17) is 9.26 Å². The van der Waals surface area contributed by atoms with Crippen LogP contribution < -0.4 is 4.74 Å². The molecule has 0 saturated carbocycles. The Labute approximate surface area is 122 Å². The van der Waals surface area contributed by atoms with Crippen LogP contribution >= 0.6 is 0 Å². The maximum atomic E-state index is 9.36. The second kappa shape index (κ2) is 5.71. The Morgan fingerprint density at radius 3 is 2.43 bits per heavy atom. The van der Waals surface area contributed by atoms with E-state index in [0.717, 1.165) is 23.2 Å². The van der Waals surface area contributed by atoms with Gasteiger partial charge in [-0.1, -0.05) is 30.3 Å². The molecule has 0 amide bonds. The summed E-state index contributed by atoms with van der Waals surface area (Å²) in [5.41, 5.74) is 2.53. The summed E-state index contributed by atoms with van der Waals surface area (Å²) in [5.74, 6) is 1.34. The first-order valence-corrected chi connectivity index (χ1v) is 6.78. The van der Waals surface area contributed by atoms with Crippen LogP contribution in [0, 0.1) is 0 Å². The molecule has 0 unspecified atom stereocenters. The molecule has 1 heterocycles. The molecule has 4 nitrogen and oxygen atoms in total. The molecule has 1 N–H and O–H groups in total. The molecule has 106 valence electrons. The zero-order valence-corrected chi connectivity index (χ0v) is 11.6. The number of hydrogen-bond acceptors (Lipinski definition) is 4. The number of nitrogens with zero attached hydrogens (tertiary/aromatic N) is 1. The molecule has 0 fully saturated rings. The molecular weight excluding hydrogens is 266 g/mol. The third-order valence-corrected chi connectivity index (χ3v) is 3.20. The average molecular weight is 281 g/mol. The van der Waals surface area contributed by atoms with Gasteiger partial charge < -0.3 is 14.4 Å². The van der Waals surface area contributed by atoms with E-state index in [1.165, 1.54) is 0 Å². The lowest BCUT2D eigenvalue weighted by Crippen LogP contribution is -1.88. The standard InChI is InChI=1S/C17H15NO3/c1-2-15-16(12-8-10-13(19)11-9-12)18-21-17(15)20-14-6-4-3-5-7-14/h3-11,19H,2H2,1H3. The van der Waals surface area contributed by atoms with Crippen molar-refractivity contribution >= 4 is 0 Å². The molecule has 0 saturated heterocycles. The predicted octanol–water partition coefficient (Wildman–Crippen LogP) is 4.40. The average Bonchev–Trinajstić information content (AvgIpc) is 2.92. The predicted molar refractivity (Wildman–Crippen MR) is 79.5 cm³/mol. The van der Waals surface area contributed by atoms with Crippen molar-refractivity contribution in [1.29, 1.82) is 0 Å². The van der Waals surface area contributed by atoms with Gasteiger partial charge >= 0.3 is 5.95 Å². The van der Waals surface area contributed by atoms with Crippen LogP contribution in [0.3, 0.4) is 0 Å². The quantitative estimate of drug-likeness (QED) is 0.770. The minimum atomic E-state index is 0.223. The van der Waals surface area contributed by atoms with Crippen LogP contribution in [0.4, 0.5) is 0 Å². The van der Waals surface area contributed by atoms with Crippen LogP contribution in [-0.2, 0) is 6.42 Å². The van der Waals surface area contributed by atoms with Crippen molar-refractivity contribution in [2.75, 3.05) is 0 Å². The van der Waals surface area contributed by atoms with E-state index >= 15 is 0 Å². The number of aromatic hydroxyl groups is 1. The number of para-hydroxylation sites is 1. The molecular formula is C17H15NO3. The molecule has 0 radical (unpaired) electrons. The molecule has 0 atom stereocenters. The zero-order chi connectivity index (χ0) is 14.7. The van der Waals surface area contributed by atoms with Crippen LogP contribution in [0.2, 0.25) is 0 Å². The molecule has 1 aromatic heterocycles. The third-order valence-electron chi connectivity index (χ3n) is 3.20. The van der Waals surface area contributed by atoms with Gasteiger partial charge in [0, 0.05) is 5.56 Å². The fourth-order valence-electron chi connectivity index (χ4n) is 2.13. The molecule has 0 aliphatic rings. The summed E-state index contributed by atoms with van der Waals surface area (Å²) < 4.78 is 11.1. The Balaban J connectivity index is 1.95. The number of rotatable bonds is 4. The van der Waals surface area contributed by atoms with Crippen molar-refractivity contribution in [2.45, 2.75) is 13.3 Å². The maximum absolute atomic E-state index is 9.36. The first-order chi connectivity index (χ1) is 10.3. The van der Waals surface area contributed by atoms with Gasteiger partial charge in [0.15, 0.2) is 0 Å². The number of aromatic nitrogens is 1. The SMILES string of the molecule is CCc1c(-c2ccc(O)cc2)noc1Oc1ccccc1. The van der Waals surface area contributed by atoms with Crippen molar-refractivity contribution < 1.29 is 14.4 Å². The number of benzene rings is 2. The van der Waals surface area contributed by atoms with Crippen LogP contribution in [0.1, 0.15) is 12.5 Å². The van der Waals surface area contributed by atoms with Gasteiger partial charge in [-0.05, 0) is 42.8 Å². The van der Waals surface area contributed by atoms with Crippen LogP contribution in [0.15, 0.2) is 59.1 Å². The van der Waals surface area contributed by atoms with E-state index in [0.29, 0.717) is 11.7 Å². The lowest BCUT2D eigenvalue weighted by molar-refractivity contribution is 0.288. The summed E-state index contributed by atoms with van der Waals surface area (Å²) in [6.07, 6.45) is 0.738. The summed E-state index contributed by atoms with van der Waals surface area (Å²) in [6.45, 7) is 2.02. The Morgan fingerprint density at radius 1 is 1.05 bits per heavy atom. The van der Waals surface area contributed by atoms with Crippen molar-refractivity contribution in [3.8, 4) is 28.7 Å². The van der Waals surface area contributed by atoms with Gasteiger partial charge in [0.2, 0.25) is 0 Å². The van der Waals surface area contributed by atoms with Crippen LogP contribution in [-0.4, -0.2) is 10.3 Å². The summed E-state index contributed by atoms with van der Waals surface area (Å²) in [6, 6.07) is 16.3. The van der Waals surface area contributed by atoms with Gasteiger partial charge in [0.05, 0.1) is 5.56 Å². The van der Waals surface area contributed by atoms with Crippen molar-refractivity contribution in [2.24, 2.45) is 0 Å². The highest BCUT2D eigenvalue weighted by atomic mass is 16.6. The minimum absolute atomic E-state index is 0.223. The van der Waals surface area contributed by atoms with Crippen LogP contribution in [0.25, 0.3) is 11.3 Å². The van der Waals surface area contributed by atoms with E-state index in [1.807, 2.05) is 37.3 Å². The molecule has 4 heteroatoms. The molecule has 3 aromatic rings. The fraction of sp³-hybridized carbons (Fsp3) is 0.118. The molecule has 0 bridgehead atoms. The highest BCUT2D eigenvalue weighted by Crippen LogP contribution is 2.34. The Bertz CT molecular complexity index is 718. The third kappa shape index (κ3) is 2.74. The van der Waals surface area contributed by atoms with Gasteiger partial charge in [-0.25, -0.2) is 0 Å². The summed E-state index contributed by atoms with van der Waals surface area (Å²) >= 11 is 0. The summed E-state index contributed by atoms with van der Waals surface area (Å²) in [4.78, 5) is 0. The number of phenols is 1. The second-order valence-corrected chi connectivity index (χ2v) is 4.61. The van der Waals surface area contributed by atoms with Gasteiger partial charge in [0.1, 0.15) is 17.2 Å². The van der Waals surface area contributed by atoms with Gasteiger partial charge in [0.25, 0.3) is 0 Å². The smallest absolute Gasteiger partial charge is 0.320 e. The Hall–Kier alpha value is -2.75. The van der Waals surface area contributed by atoms with E-state index < -0.39 is 0 Å². The van der Waals surface area contributed by atoms with E-state index in [2.05, 4.69) is 5.16 Å². The lowest BCUT2D eigenvalue weighted by Gasteiger charge is -2.03. The Kier molecular flexibility index (Phi) is 3.60.